The number of nitrogens with one attached hydrogen (secondary N) is 1. The van der Waals surface area contributed by atoms with Gasteiger partial charge in [-0.2, -0.15) is 0 Å². The molecular formula is C14H12N2O. The van der Waals surface area contributed by atoms with E-state index < -0.39 is 0 Å². The van der Waals surface area contributed by atoms with Crippen LogP contribution in [-0.4, -0.2) is 17.0 Å². The predicted molar refractivity (Wildman–Crippen MR) is 66.9 cm³/mol. The summed E-state index contributed by atoms with van der Waals surface area (Å²) in [5.41, 5.74) is 1.45. The summed E-state index contributed by atoms with van der Waals surface area (Å²) in [5.74, 6) is 2.22. The van der Waals surface area contributed by atoms with Crippen molar-refractivity contribution in [1.29, 1.82) is 0 Å². The summed E-state index contributed by atoms with van der Waals surface area (Å²) in [4.78, 5) is 11.9. The molecule has 0 unspecified atom stereocenters. The van der Waals surface area contributed by atoms with Gasteiger partial charge in [-0.05, 0) is 24.3 Å². The molecule has 2 aromatic rings. The average Bonchev–Trinajstić information content (AvgIpc) is 2.89. The quantitative estimate of drug-likeness (QED) is 0.793. The summed E-state index contributed by atoms with van der Waals surface area (Å²) in [7, 11) is 0. The zero-order valence-electron chi connectivity index (χ0n) is 9.26. The molecule has 1 aromatic carbocycles. The highest BCUT2D eigenvalue weighted by Crippen LogP contribution is 2.14. The molecule has 3 nitrogen and oxygen atoms in total. The van der Waals surface area contributed by atoms with Crippen LogP contribution in [0.3, 0.4) is 0 Å². The summed E-state index contributed by atoms with van der Waals surface area (Å²) in [6.07, 6.45) is 8.91. The van der Waals surface area contributed by atoms with Crippen LogP contribution in [0.15, 0.2) is 48.8 Å². The molecule has 0 saturated carbocycles. The second-order valence-corrected chi connectivity index (χ2v) is 3.49. The van der Waals surface area contributed by atoms with Crippen molar-refractivity contribution in [2.75, 3.05) is 6.54 Å². The molecule has 1 heterocycles. The molecule has 0 aliphatic heterocycles. The molecule has 0 bridgehead atoms. The molecule has 2 rings (SSSR count). The Morgan fingerprint density at radius 2 is 1.94 bits per heavy atom. The van der Waals surface area contributed by atoms with E-state index in [1.807, 2.05) is 47.3 Å². The summed E-state index contributed by atoms with van der Waals surface area (Å²) in [6, 6.07) is 11.2. The van der Waals surface area contributed by atoms with Crippen molar-refractivity contribution in [3.8, 4) is 18.0 Å². The van der Waals surface area contributed by atoms with Crippen LogP contribution in [0.4, 0.5) is 0 Å². The van der Waals surface area contributed by atoms with Gasteiger partial charge in [0, 0.05) is 12.4 Å². The number of amides is 1. The van der Waals surface area contributed by atoms with E-state index >= 15 is 0 Å². The van der Waals surface area contributed by atoms with Gasteiger partial charge in [-0.3, -0.25) is 4.79 Å². The molecule has 1 aromatic heterocycles. The lowest BCUT2D eigenvalue weighted by Gasteiger charge is -2.09. The number of hydrogen-bond acceptors (Lipinski definition) is 1. The predicted octanol–water partition coefficient (Wildman–Crippen LogP) is 1.84. The van der Waals surface area contributed by atoms with Crippen LogP contribution in [0.5, 0.6) is 0 Å². The number of hydrogen-bond donors (Lipinski definition) is 1. The maximum atomic E-state index is 11.9. The normalized spacial score (nSPS) is 9.59. The first kappa shape index (κ1) is 11.0. The Balaban J connectivity index is 2.35. The highest BCUT2D eigenvalue weighted by atomic mass is 16.1. The Hall–Kier alpha value is -2.47. The van der Waals surface area contributed by atoms with Gasteiger partial charge < -0.3 is 9.88 Å². The van der Waals surface area contributed by atoms with E-state index in [0.717, 1.165) is 5.69 Å². The van der Waals surface area contributed by atoms with Crippen molar-refractivity contribution in [2.45, 2.75) is 0 Å². The highest BCUT2D eigenvalue weighted by molar-refractivity contribution is 5.97. The monoisotopic (exact) mass is 224 g/mol. The van der Waals surface area contributed by atoms with E-state index in [9.17, 15) is 4.79 Å². The zero-order valence-corrected chi connectivity index (χ0v) is 9.26. The van der Waals surface area contributed by atoms with Gasteiger partial charge >= 0.3 is 0 Å². The van der Waals surface area contributed by atoms with Crippen LogP contribution >= 0.6 is 0 Å². The fourth-order valence-corrected chi connectivity index (χ4v) is 1.61. The van der Waals surface area contributed by atoms with Crippen molar-refractivity contribution in [3.63, 3.8) is 0 Å². The largest absolute Gasteiger partial charge is 0.341 e. The maximum Gasteiger partial charge on any atom is 0.254 e. The first-order chi connectivity index (χ1) is 8.33. The van der Waals surface area contributed by atoms with Crippen LogP contribution in [0.1, 0.15) is 10.4 Å². The van der Waals surface area contributed by atoms with E-state index in [0.29, 0.717) is 5.56 Å². The first-order valence-corrected chi connectivity index (χ1v) is 5.27. The van der Waals surface area contributed by atoms with Crippen LogP contribution in [0, 0.1) is 12.3 Å². The van der Waals surface area contributed by atoms with Crippen molar-refractivity contribution < 1.29 is 4.79 Å². The molecule has 3 heteroatoms. The summed E-state index contributed by atoms with van der Waals surface area (Å²) in [5, 5.41) is 2.66. The van der Waals surface area contributed by atoms with Crippen LogP contribution in [0.25, 0.3) is 5.69 Å². The lowest BCUT2D eigenvalue weighted by Crippen LogP contribution is -2.24. The number of nitrogens with zero attached hydrogens (tertiary/aromatic N) is 1. The van der Waals surface area contributed by atoms with E-state index in [1.54, 1.807) is 6.07 Å². The summed E-state index contributed by atoms with van der Waals surface area (Å²) in [6.45, 7) is 0.235. The second-order valence-electron chi connectivity index (χ2n) is 3.49. The molecular weight excluding hydrogens is 212 g/mol. The average molecular weight is 224 g/mol. The van der Waals surface area contributed by atoms with Crippen LogP contribution in [0.2, 0.25) is 0 Å². The summed E-state index contributed by atoms with van der Waals surface area (Å²) < 4.78 is 1.89. The minimum absolute atomic E-state index is 0.160. The minimum Gasteiger partial charge on any atom is -0.341 e. The SMILES string of the molecule is C#CCNC(=O)c1ccccc1-n1cccc1. The van der Waals surface area contributed by atoms with Gasteiger partial charge in [0.2, 0.25) is 0 Å². The van der Waals surface area contributed by atoms with Crippen LogP contribution in [-0.2, 0) is 0 Å². The molecule has 1 N–H and O–H groups in total. The molecule has 17 heavy (non-hydrogen) atoms. The van der Waals surface area contributed by atoms with Crippen molar-refractivity contribution >= 4 is 5.91 Å². The molecule has 0 aliphatic carbocycles. The van der Waals surface area contributed by atoms with Crippen molar-refractivity contribution in [3.05, 3.63) is 54.4 Å². The van der Waals surface area contributed by atoms with Crippen molar-refractivity contribution in [2.24, 2.45) is 0 Å². The second kappa shape index (κ2) is 5.04. The number of carbonyl (C=O) groups is 1. The minimum atomic E-state index is -0.160. The third kappa shape index (κ3) is 2.37. The number of terminal acetylenes is 1. The summed E-state index contributed by atoms with van der Waals surface area (Å²) >= 11 is 0. The van der Waals surface area contributed by atoms with Crippen LogP contribution < -0.4 is 5.32 Å². The Bertz CT molecular complexity index is 550. The van der Waals surface area contributed by atoms with E-state index in [-0.39, 0.29) is 12.5 Å². The van der Waals surface area contributed by atoms with E-state index in [1.165, 1.54) is 0 Å². The van der Waals surface area contributed by atoms with Gasteiger partial charge in [0.25, 0.3) is 5.91 Å². The third-order valence-corrected chi connectivity index (χ3v) is 2.38. The number of carbonyl (C=O) groups excluding carboxylic acids is 1. The number of aromatic nitrogens is 1. The Kier molecular flexibility index (Phi) is 3.27. The Labute approximate surface area is 100 Å². The van der Waals surface area contributed by atoms with E-state index in [4.69, 9.17) is 6.42 Å². The molecule has 0 fully saturated rings. The molecule has 0 atom stereocenters. The zero-order chi connectivity index (χ0) is 12.1. The lowest BCUT2D eigenvalue weighted by molar-refractivity contribution is 0.0958. The number of para-hydroxylation sites is 1. The van der Waals surface area contributed by atoms with E-state index in [2.05, 4.69) is 11.2 Å². The van der Waals surface area contributed by atoms with Crippen molar-refractivity contribution in [1.82, 2.24) is 9.88 Å². The molecule has 0 saturated heterocycles. The highest BCUT2D eigenvalue weighted by Gasteiger charge is 2.10. The molecule has 0 aliphatic rings. The molecule has 0 spiro atoms. The fraction of sp³-hybridized carbons (Fsp3) is 0.0714. The third-order valence-electron chi connectivity index (χ3n) is 2.38. The van der Waals surface area contributed by atoms with Gasteiger partial charge in [0.15, 0.2) is 0 Å². The molecule has 1 amide bonds. The molecule has 84 valence electrons. The Morgan fingerprint density at radius 3 is 2.65 bits per heavy atom. The van der Waals surface area contributed by atoms with Gasteiger partial charge in [-0.25, -0.2) is 0 Å². The Morgan fingerprint density at radius 1 is 1.24 bits per heavy atom. The van der Waals surface area contributed by atoms with Gasteiger partial charge in [0.05, 0.1) is 17.8 Å². The first-order valence-electron chi connectivity index (χ1n) is 5.27. The maximum absolute atomic E-state index is 11.9. The smallest absolute Gasteiger partial charge is 0.254 e. The van der Waals surface area contributed by atoms with Gasteiger partial charge in [-0.15, -0.1) is 6.42 Å². The fourth-order valence-electron chi connectivity index (χ4n) is 1.61. The topological polar surface area (TPSA) is 34.0 Å². The number of rotatable bonds is 3. The van der Waals surface area contributed by atoms with Gasteiger partial charge in [0.1, 0.15) is 0 Å². The van der Waals surface area contributed by atoms with Gasteiger partial charge in [-0.1, -0.05) is 18.1 Å². The molecule has 0 radical (unpaired) electrons. The standard InChI is InChI=1S/C14H12N2O/c1-2-9-15-14(17)12-7-3-4-8-13(12)16-10-5-6-11-16/h1,3-8,10-11H,9H2,(H,15,17). The lowest BCUT2D eigenvalue weighted by atomic mass is 10.1. The number of benzene rings is 1.